The van der Waals surface area contributed by atoms with Crippen molar-refractivity contribution in [2.24, 2.45) is 5.92 Å². The summed E-state index contributed by atoms with van der Waals surface area (Å²) in [6.45, 7) is 4.35. The molecule has 0 bridgehead atoms. The Hall–Kier alpha value is -2.41. The van der Waals surface area contributed by atoms with Crippen molar-refractivity contribution in [3.05, 3.63) is 76.1 Å². The summed E-state index contributed by atoms with van der Waals surface area (Å²) in [7, 11) is 0. The quantitative estimate of drug-likeness (QED) is 0.416. The Kier molecular flexibility index (Phi) is 3.70. The predicted octanol–water partition coefficient (Wildman–Crippen LogP) is 6.49. The first-order chi connectivity index (χ1) is 12.7. The first kappa shape index (κ1) is 15.8. The molecule has 0 N–H and O–H groups in total. The molecule has 0 saturated heterocycles. The highest BCUT2D eigenvalue weighted by Crippen LogP contribution is 2.40. The molecule has 1 fully saturated rings. The molecule has 1 aromatic heterocycles. The molecule has 1 nitrogen and oxygen atoms in total. The van der Waals surface area contributed by atoms with Crippen LogP contribution in [0.4, 0.5) is 0 Å². The zero-order valence-electron chi connectivity index (χ0n) is 15.7. The first-order valence-corrected chi connectivity index (χ1v) is 9.90. The minimum atomic E-state index is 0.880. The maximum Gasteiger partial charge on any atom is 0.0792 e. The third-order valence-electron chi connectivity index (χ3n) is 6.04. The van der Waals surface area contributed by atoms with Crippen LogP contribution in [-0.4, -0.2) is 4.98 Å². The number of hydrogen-bond acceptors (Lipinski definition) is 1. The number of benzene rings is 2. The summed E-state index contributed by atoms with van der Waals surface area (Å²) < 4.78 is 0. The highest BCUT2D eigenvalue weighted by Gasteiger charge is 2.22. The van der Waals surface area contributed by atoms with Crippen LogP contribution in [0.25, 0.3) is 22.4 Å². The highest BCUT2D eigenvalue weighted by molar-refractivity contribution is 6.11. The lowest BCUT2D eigenvalue weighted by atomic mass is 9.94. The van der Waals surface area contributed by atoms with Gasteiger partial charge in [-0.3, -0.25) is 4.98 Å². The van der Waals surface area contributed by atoms with Gasteiger partial charge in [-0.15, -0.1) is 0 Å². The SMILES string of the molecule is Cc1cc(C)cc(C2=Cc3cc(CC4CCCC4)cc4ccnc2c34)c1. The molecule has 26 heavy (non-hydrogen) atoms. The molecule has 1 saturated carbocycles. The summed E-state index contributed by atoms with van der Waals surface area (Å²) in [5.41, 5.74) is 9.18. The maximum absolute atomic E-state index is 4.76. The third kappa shape index (κ3) is 2.67. The van der Waals surface area contributed by atoms with Crippen LogP contribution in [0, 0.1) is 19.8 Å². The van der Waals surface area contributed by atoms with Crippen LogP contribution in [-0.2, 0) is 6.42 Å². The normalized spacial score (nSPS) is 16.5. The fraction of sp³-hybridized carbons (Fsp3) is 0.320. The Morgan fingerprint density at radius 2 is 1.73 bits per heavy atom. The van der Waals surface area contributed by atoms with E-state index in [4.69, 9.17) is 4.98 Å². The van der Waals surface area contributed by atoms with E-state index < -0.39 is 0 Å². The van der Waals surface area contributed by atoms with E-state index in [1.165, 1.54) is 76.3 Å². The van der Waals surface area contributed by atoms with Crippen LogP contribution in [0.1, 0.15) is 59.2 Å². The van der Waals surface area contributed by atoms with Crippen LogP contribution in [0.3, 0.4) is 0 Å². The number of nitrogens with zero attached hydrogens (tertiary/aromatic N) is 1. The summed E-state index contributed by atoms with van der Waals surface area (Å²) in [5.74, 6) is 0.880. The van der Waals surface area contributed by atoms with Crippen LogP contribution >= 0.6 is 0 Å². The highest BCUT2D eigenvalue weighted by atomic mass is 14.7. The van der Waals surface area contributed by atoms with E-state index in [1.54, 1.807) is 0 Å². The Balaban J connectivity index is 1.62. The number of hydrogen-bond donors (Lipinski definition) is 0. The molecule has 0 aliphatic heterocycles. The van der Waals surface area contributed by atoms with Crippen molar-refractivity contribution < 1.29 is 0 Å². The van der Waals surface area contributed by atoms with E-state index >= 15 is 0 Å². The summed E-state index contributed by atoms with van der Waals surface area (Å²) in [5, 5.41) is 2.67. The molecule has 0 radical (unpaired) electrons. The molecule has 5 rings (SSSR count). The van der Waals surface area contributed by atoms with Crippen LogP contribution in [0.15, 0.2) is 42.6 Å². The maximum atomic E-state index is 4.76. The summed E-state index contributed by atoms with van der Waals surface area (Å²) in [4.78, 5) is 4.76. The second-order valence-electron chi connectivity index (χ2n) is 8.23. The Morgan fingerprint density at radius 3 is 2.50 bits per heavy atom. The summed E-state index contributed by atoms with van der Waals surface area (Å²) in [6, 6.07) is 13.8. The van der Waals surface area contributed by atoms with Gasteiger partial charge in [0, 0.05) is 17.2 Å². The molecular formula is C25H25N. The number of aryl methyl sites for hydroxylation is 2. The van der Waals surface area contributed by atoms with Crippen molar-refractivity contribution in [3.8, 4) is 0 Å². The van der Waals surface area contributed by atoms with E-state index in [1.807, 2.05) is 6.20 Å². The molecule has 3 aromatic rings. The van der Waals surface area contributed by atoms with Crippen molar-refractivity contribution in [1.82, 2.24) is 4.98 Å². The van der Waals surface area contributed by atoms with E-state index in [0.29, 0.717) is 0 Å². The first-order valence-electron chi connectivity index (χ1n) is 9.90. The molecule has 0 amide bonds. The second kappa shape index (κ2) is 6.09. The van der Waals surface area contributed by atoms with Crippen molar-refractivity contribution >= 4 is 22.4 Å². The monoisotopic (exact) mass is 339 g/mol. The van der Waals surface area contributed by atoms with Gasteiger partial charge in [0.2, 0.25) is 0 Å². The van der Waals surface area contributed by atoms with Gasteiger partial charge in [0.15, 0.2) is 0 Å². The molecule has 1 heteroatoms. The summed E-state index contributed by atoms with van der Waals surface area (Å²) >= 11 is 0. The average Bonchev–Trinajstić information content (AvgIpc) is 3.23. The van der Waals surface area contributed by atoms with Crippen molar-refractivity contribution in [2.45, 2.75) is 46.0 Å². The standard InChI is InChI=1S/C25H25N/c1-16-9-17(2)11-21(10-16)23-15-22-14-19(12-18-5-3-4-6-18)13-20-7-8-26-25(23)24(20)22/h7-11,13-15,18H,3-6,12H2,1-2H3. The molecule has 0 unspecified atom stereocenters. The fourth-order valence-corrected chi connectivity index (χ4v) is 4.97. The largest absolute Gasteiger partial charge is 0.256 e. The van der Waals surface area contributed by atoms with Gasteiger partial charge in [-0.1, -0.05) is 67.1 Å². The molecule has 0 spiro atoms. The van der Waals surface area contributed by atoms with Gasteiger partial charge in [-0.05, 0) is 60.4 Å². The molecule has 0 atom stereocenters. The number of rotatable bonds is 3. The van der Waals surface area contributed by atoms with E-state index in [9.17, 15) is 0 Å². The van der Waals surface area contributed by atoms with Gasteiger partial charge < -0.3 is 0 Å². The van der Waals surface area contributed by atoms with Gasteiger partial charge >= 0.3 is 0 Å². The molecule has 2 aliphatic rings. The second-order valence-corrected chi connectivity index (χ2v) is 8.23. The molecule has 2 aliphatic carbocycles. The van der Waals surface area contributed by atoms with E-state index in [2.05, 4.69) is 56.3 Å². The Morgan fingerprint density at radius 1 is 0.962 bits per heavy atom. The Bertz CT molecular complexity index is 1020. The van der Waals surface area contributed by atoms with E-state index in [0.717, 1.165) is 11.6 Å². The fourth-order valence-electron chi connectivity index (χ4n) is 4.97. The molecule has 1 heterocycles. The van der Waals surface area contributed by atoms with Gasteiger partial charge in [0.05, 0.1) is 5.69 Å². The lowest BCUT2D eigenvalue weighted by Gasteiger charge is -2.11. The lowest BCUT2D eigenvalue weighted by Crippen LogP contribution is -1.99. The third-order valence-corrected chi connectivity index (χ3v) is 6.04. The zero-order valence-corrected chi connectivity index (χ0v) is 15.7. The molecular weight excluding hydrogens is 314 g/mol. The minimum Gasteiger partial charge on any atom is -0.256 e. The minimum absolute atomic E-state index is 0.880. The van der Waals surface area contributed by atoms with Gasteiger partial charge in [0.25, 0.3) is 0 Å². The average molecular weight is 339 g/mol. The van der Waals surface area contributed by atoms with Crippen molar-refractivity contribution in [1.29, 1.82) is 0 Å². The van der Waals surface area contributed by atoms with E-state index in [-0.39, 0.29) is 0 Å². The number of pyridine rings is 1. The molecule has 2 aromatic carbocycles. The Labute approximate surface area is 155 Å². The smallest absolute Gasteiger partial charge is 0.0792 e. The van der Waals surface area contributed by atoms with Crippen molar-refractivity contribution in [2.75, 3.05) is 0 Å². The van der Waals surface area contributed by atoms with Gasteiger partial charge in [-0.2, -0.15) is 0 Å². The molecule has 130 valence electrons. The lowest BCUT2D eigenvalue weighted by molar-refractivity contribution is 0.547. The van der Waals surface area contributed by atoms with Gasteiger partial charge in [0.1, 0.15) is 0 Å². The summed E-state index contributed by atoms with van der Waals surface area (Å²) in [6.07, 6.45) is 11.2. The van der Waals surface area contributed by atoms with Gasteiger partial charge in [-0.25, -0.2) is 0 Å². The van der Waals surface area contributed by atoms with Crippen LogP contribution in [0.2, 0.25) is 0 Å². The van der Waals surface area contributed by atoms with Crippen LogP contribution < -0.4 is 0 Å². The zero-order chi connectivity index (χ0) is 17.7. The van der Waals surface area contributed by atoms with Crippen LogP contribution in [0.5, 0.6) is 0 Å². The predicted molar refractivity (Wildman–Crippen MR) is 110 cm³/mol. The number of aromatic nitrogens is 1. The van der Waals surface area contributed by atoms with Crippen molar-refractivity contribution in [3.63, 3.8) is 0 Å². The topological polar surface area (TPSA) is 12.9 Å².